The van der Waals surface area contributed by atoms with Crippen molar-refractivity contribution in [2.75, 3.05) is 19.0 Å². The molecule has 1 atom stereocenters. The van der Waals surface area contributed by atoms with E-state index in [2.05, 4.69) is 15.4 Å². The lowest BCUT2D eigenvalue weighted by molar-refractivity contribution is 0.0600. The molecule has 0 unspecified atom stereocenters. The van der Waals surface area contributed by atoms with Gasteiger partial charge in [-0.2, -0.15) is 0 Å². The number of methoxy groups -OCH3 is 1. The highest BCUT2D eigenvalue weighted by atomic mass is 16.5. The molecule has 0 aromatic heterocycles. The summed E-state index contributed by atoms with van der Waals surface area (Å²) in [6.45, 7) is 1.59. The number of ether oxygens (including phenoxy) is 1. The first-order valence-corrected chi connectivity index (χ1v) is 7.47. The Morgan fingerprint density at radius 2 is 1.88 bits per heavy atom. The molecule has 24 heavy (non-hydrogen) atoms. The molecule has 2 amide bonds. The maximum Gasteiger partial charge on any atom is 0.337 e. The molecule has 0 spiro atoms. The third-order valence-corrected chi connectivity index (χ3v) is 3.60. The van der Waals surface area contributed by atoms with Crippen molar-refractivity contribution in [2.45, 2.75) is 13.0 Å². The summed E-state index contributed by atoms with van der Waals surface area (Å²) < 4.78 is 4.68. The SMILES string of the molecule is COC(=O)c1ccc(C)c(NC(=O)N[C@H](CO)c2ccccc2)c1. The number of amides is 2. The number of urea groups is 1. The van der Waals surface area contributed by atoms with E-state index >= 15 is 0 Å². The number of benzene rings is 2. The summed E-state index contributed by atoms with van der Waals surface area (Å²) in [5.41, 5.74) is 2.45. The second kappa shape index (κ2) is 8.12. The van der Waals surface area contributed by atoms with E-state index in [1.54, 1.807) is 18.2 Å². The Balaban J connectivity index is 2.10. The Bertz CT molecular complexity index is 716. The van der Waals surface area contributed by atoms with E-state index in [4.69, 9.17) is 0 Å². The summed E-state index contributed by atoms with van der Waals surface area (Å²) in [6, 6.07) is 13.1. The first kappa shape index (κ1) is 17.5. The van der Waals surface area contributed by atoms with Crippen LogP contribution < -0.4 is 10.6 Å². The zero-order chi connectivity index (χ0) is 17.5. The molecule has 2 aromatic carbocycles. The summed E-state index contributed by atoms with van der Waals surface area (Å²) in [7, 11) is 1.30. The number of esters is 1. The van der Waals surface area contributed by atoms with Crippen LogP contribution in [0.5, 0.6) is 0 Å². The van der Waals surface area contributed by atoms with Crippen molar-refractivity contribution in [1.29, 1.82) is 0 Å². The summed E-state index contributed by atoms with van der Waals surface area (Å²) >= 11 is 0. The van der Waals surface area contributed by atoms with Crippen molar-refractivity contribution >= 4 is 17.7 Å². The van der Waals surface area contributed by atoms with Crippen LogP contribution in [0.3, 0.4) is 0 Å². The minimum atomic E-state index is -0.518. The maximum absolute atomic E-state index is 12.2. The van der Waals surface area contributed by atoms with E-state index in [0.29, 0.717) is 11.3 Å². The molecule has 0 heterocycles. The fourth-order valence-electron chi connectivity index (χ4n) is 2.24. The molecular formula is C18H20N2O4. The summed E-state index contributed by atoms with van der Waals surface area (Å²) in [6.07, 6.45) is 0. The number of rotatable bonds is 5. The van der Waals surface area contributed by atoms with Gasteiger partial charge in [-0.3, -0.25) is 0 Å². The van der Waals surface area contributed by atoms with Gasteiger partial charge in [0.05, 0.1) is 25.3 Å². The number of aliphatic hydroxyl groups is 1. The van der Waals surface area contributed by atoms with Gasteiger partial charge in [0.2, 0.25) is 0 Å². The molecule has 2 rings (SSSR count). The first-order valence-electron chi connectivity index (χ1n) is 7.47. The van der Waals surface area contributed by atoms with Crippen LogP contribution in [0.4, 0.5) is 10.5 Å². The predicted octanol–water partition coefficient (Wildman–Crippen LogP) is 2.64. The van der Waals surface area contributed by atoms with E-state index in [0.717, 1.165) is 11.1 Å². The van der Waals surface area contributed by atoms with Crippen LogP contribution in [-0.2, 0) is 4.74 Å². The Hall–Kier alpha value is -2.86. The minimum Gasteiger partial charge on any atom is -0.465 e. The largest absolute Gasteiger partial charge is 0.465 e. The summed E-state index contributed by atoms with van der Waals surface area (Å²) in [5.74, 6) is -0.476. The van der Waals surface area contributed by atoms with Crippen molar-refractivity contribution in [3.8, 4) is 0 Å². The van der Waals surface area contributed by atoms with Gasteiger partial charge in [-0.25, -0.2) is 9.59 Å². The maximum atomic E-state index is 12.2. The Labute approximate surface area is 140 Å². The molecule has 0 radical (unpaired) electrons. The van der Waals surface area contributed by atoms with Gasteiger partial charge in [0, 0.05) is 5.69 Å². The van der Waals surface area contributed by atoms with E-state index in [1.165, 1.54) is 7.11 Å². The average Bonchev–Trinajstić information content (AvgIpc) is 2.61. The molecule has 126 valence electrons. The molecule has 0 saturated carbocycles. The fourth-order valence-corrected chi connectivity index (χ4v) is 2.24. The predicted molar refractivity (Wildman–Crippen MR) is 90.9 cm³/mol. The van der Waals surface area contributed by atoms with Crippen LogP contribution >= 0.6 is 0 Å². The van der Waals surface area contributed by atoms with Gasteiger partial charge in [-0.1, -0.05) is 36.4 Å². The summed E-state index contributed by atoms with van der Waals surface area (Å²) in [5, 5.41) is 14.9. The lowest BCUT2D eigenvalue weighted by Crippen LogP contribution is -2.34. The number of carbonyl (C=O) groups excluding carboxylic acids is 2. The highest BCUT2D eigenvalue weighted by Gasteiger charge is 2.15. The molecule has 0 bridgehead atoms. The fraction of sp³-hybridized carbons (Fsp3) is 0.222. The number of aryl methyl sites for hydroxylation is 1. The molecule has 6 heteroatoms. The molecule has 6 nitrogen and oxygen atoms in total. The van der Waals surface area contributed by atoms with Crippen molar-refractivity contribution in [2.24, 2.45) is 0 Å². The lowest BCUT2D eigenvalue weighted by atomic mass is 10.1. The second-order valence-corrected chi connectivity index (χ2v) is 5.27. The van der Waals surface area contributed by atoms with Crippen LogP contribution in [0, 0.1) is 6.92 Å². The Kier molecular flexibility index (Phi) is 5.92. The number of hydrogen-bond acceptors (Lipinski definition) is 4. The van der Waals surface area contributed by atoms with Gasteiger partial charge in [0.15, 0.2) is 0 Å². The standard InChI is InChI=1S/C18H20N2O4/c1-12-8-9-14(17(22)24-2)10-15(12)19-18(23)20-16(11-21)13-6-4-3-5-7-13/h3-10,16,21H,11H2,1-2H3,(H2,19,20,23)/t16-/m1/s1. The zero-order valence-corrected chi connectivity index (χ0v) is 13.6. The van der Waals surface area contributed by atoms with Gasteiger partial charge in [0.1, 0.15) is 0 Å². The van der Waals surface area contributed by atoms with Gasteiger partial charge in [0.25, 0.3) is 0 Å². The molecular weight excluding hydrogens is 308 g/mol. The topological polar surface area (TPSA) is 87.7 Å². The summed E-state index contributed by atoms with van der Waals surface area (Å²) in [4.78, 5) is 23.8. The van der Waals surface area contributed by atoms with E-state index in [-0.39, 0.29) is 6.61 Å². The molecule has 3 N–H and O–H groups in total. The molecule has 0 saturated heterocycles. The first-order chi connectivity index (χ1) is 11.5. The number of nitrogens with one attached hydrogen (secondary N) is 2. The normalized spacial score (nSPS) is 11.5. The number of carbonyl (C=O) groups is 2. The van der Waals surface area contributed by atoms with Crippen molar-refractivity contribution in [3.05, 3.63) is 65.2 Å². The van der Waals surface area contributed by atoms with E-state index in [9.17, 15) is 14.7 Å². The van der Waals surface area contributed by atoms with Crippen LogP contribution in [0.2, 0.25) is 0 Å². The van der Waals surface area contributed by atoms with Crippen molar-refractivity contribution < 1.29 is 19.4 Å². The quantitative estimate of drug-likeness (QED) is 0.736. The lowest BCUT2D eigenvalue weighted by Gasteiger charge is -2.18. The molecule has 0 aliphatic heterocycles. The van der Waals surface area contributed by atoms with Crippen LogP contribution in [-0.4, -0.2) is 30.8 Å². The van der Waals surface area contributed by atoms with Crippen LogP contribution in [0.1, 0.15) is 27.5 Å². The van der Waals surface area contributed by atoms with Crippen LogP contribution in [0.25, 0.3) is 0 Å². The molecule has 2 aromatic rings. The average molecular weight is 328 g/mol. The van der Waals surface area contributed by atoms with Crippen LogP contribution in [0.15, 0.2) is 48.5 Å². The smallest absolute Gasteiger partial charge is 0.337 e. The van der Waals surface area contributed by atoms with Gasteiger partial charge < -0.3 is 20.5 Å². The van der Waals surface area contributed by atoms with Gasteiger partial charge in [-0.15, -0.1) is 0 Å². The number of hydrogen-bond donors (Lipinski definition) is 3. The third-order valence-electron chi connectivity index (χ3n) is 3.60. The van der Waals surface area contributed by atoms with Gasteiger partial charge in [-0.05, 0) is 30.2 Å². The Morgan fingerprint density at radius 1 is 1.17 bits per heavy atom. The highest BCUT2D eigenvalue weighted by molar-refractivity contribution is 5.94. The second-order valence-electron chi connectivity index (χ2n) is 5.27. The Morgan fingerprint density at radius 3 is 2.50 bits per heavy atom. The molecule has 0 aliphatic rings. The molecule has 0 fully saturated rings. The number of aliphatic hydroxyl groups excluding tert-OH is 1. The van der Waals surface area contributed by atoms with Crippen molar-refractivity contribution in [3.63, 3.8) is 0 Å². The van der Waals surface area contributed by atoms with E-state index < -0.39 is 18.0 Å². The van der Waals surface area contributed by atoms with Crippen molar-refractivity contribution in [1.82, 2.24) is 5.32 Å². The van der Waals surface area contributed by atoms with Gasteiger partial charge >= 0.3 is 12.0 Å². The highest BCUT2D eigenvalue weighted by Crippen LogP contribution is 2.18. The minimum absolute atomic E-state index is 0.224. The van der Waals surface area contributed by atoms with E-state index in [1.807, 2.05) is 37.3 Å². The molecule has 0 aliphatic carbocycles. The third kappa shape index (κ3) is 4.33. The number of anilines is 1. The monoisotopic (exact) mass is 328 g/mol. The zero-order valence-electron chi connectivity index (χ0n) is 13.6.